The van der Waals surface area contributed by atoms with Crippen molar-refractivity contribution in [2.45, 2.75) is 25.7 Å². The number of aliphatic hydroxyl groups is 2. The van der Waals surface area contributed by atoms with Crippen molar-refractivity contribution in [2.24, 2.45) is 5.73 Å². The number of rotatable bonds is 1. The molecule has 0 amide bonds. The topological polar surface area (TPSA) is 66.5 Å². The van der Waals surface area contributed by atoms with Gasteiger partial charge in [0.25, 0.3) is 0 Å². The smallest absolute Gasteiger partial charge is 0.169 e. The van der Waals surface area contributed by atoms with E-state index in [9.17, 15) is 0 Å². The van der Waals surface area contributed by atoms with Crippen LogP contribution >= 0.6 is 12.4 Å². The Morgan fingerprint density at radius 3 is 1.50 bits per heavy atom. The lowest BCUT2D eigenvalue weighted by Crippen LogP contribution is -2.44. The molecule has 4 heteroatoms. The van der Waals surface area contributed by atoms with Crippen molar-refractivity contribution in [1.82, 2.24) is 0 Å². The lowest BCUT2D eigenvalue weighted by Gasteiger charge is -2.19. The Morgan fingerprint density at radius 1 is 1.38 bits per heavy atom. The van der Waals surface area contributed by atoms with Crippen LogP contribution in [0.5, 0.6) is 0 Å². The molecule has 0 aliphatic carbocycles. The number of nitrogens with two attached hydrogens (primary N) is 1. The van der Waals surface area contributed by atoms with Crippen molar-refractivity contribution in [2.75, 3.05) is 0 Å². The van der Waals surface area contributed by atoms with Crippen LogP contribution in [0.4, 0.5) is 0 Å². The molecule has 0 unspecified atom stereocenters. The summed E-state index contributed by atoms with van der Waals surface area (Å²) in [6.07, 6.45) is -1.42. The van der Waals surface area contributed by atoms with Crippen LogP contribution in [0.2, 0.25) is 0 Å². The lowest BCUT2D eigenvalue weighted by molar-refractivity contribution is -0.0848. The van der Waals surface area contributed by atoms with E-state index in [0.29, 0.717) is 0 Å². The highest BCUT2D eigenvalue weighted by atomic mass is 35.5. The van der Waals surface area contributed by atoms with Gasteiger partial charge in [0.15, 0.2) is 6.29 Å². The molecule has 0 rings (SSSR count). The zero-order valence-corrected chi connectivity index (χ0v) is 5.77. The Bertz CT molecular complexity index is 59.5. The molecule has 0 atom stereocenters. The third-order valence-electron chi connectivity index (χ3n) is 0.665. The van der Waals surface area contributed by atoms with Crippen LogP contribution in [0.25, 0.3) is 0 Å². The average Bonchev–Trinajstić information content (AvgIpc) is 1.31. The van der Waals surface area contributed by atoms with E-state index in [1.54, 1.807) is 0 Å². The van der Waals surface area contributed by atoms with E-state index in [1.165, 1.54) is 13.8 Å². The normalized spacial score (nSPS) is 11.2. The molecule has 0 spiro atoms. The Kier molecular flexibility index (Phi) is 4.48. The summed E-state index contributed by atoms with van der Waals surface area (Å²) < 4.78 is 0. The number of aliphatic hydroxyl groups excluding tert-OH is 1. The Labute approximate surface area is 54.9 Å². The number of halogens is 1. The minimum absolute atomic E-state index is 0. The molecule has 0 bridgehead atoms. The van der Waals surface area contributed by atoms with Gasteiger partial charge in [0, 0.05) is 0 Å². The SMILES string of the molecule is CC(C)(N)C(O)O.Cl. The first-order valence-corrected chi connectivity index (χ1v) is 2.09. The Balaban J connectivity index is 0. The fourth-order valence-corrected chi connectivity index (χ4v) is 0. The second kappa shape index (κ2) is 3.25. The van der Waals surface area contributed by atoms with E-state index in [2.05, 4.69) is 0 Å². The predicted molar refractivity (Wildman–Crippen MR) is 33.7 cm³/mol. The number of hydrogen-bond donors (Lipinski definition) is 3. The molecule has 0 aromatic carbocycles. The summed E-state index contributed by atoms with van der Waals surface area (Å²) in [7, 11) is 0. The molecule has 3 nitrogen and oxygen atoms in total. The fourth-order valence-electron chi connectivity index (χ4n) is 0. The molecule has 0 saturated carbocycles. The van der Waals surface area contributed by atoms with E-state index in [4.69, 9.17) is 15.9 Å². The van der Waals surface area contributed by atoms with E-state index in [-0.39, 0.29) is 12.4 Å². The molecular weight excluding hydrogens is 130 g/mol. The van der Waals surface area contributed by atoms with Gasteiger partial charge in [0.2, 0.25) is 0 Å². The third kappa shape index (κ3) is 4.33. The Morgan fingerprint density at radius 2 is 1.50 bits per heavy atom. The maximum Gasteiger partial charge on any atom is 0.169 e. The zero-order chi connectivity index (χ0) is 6.08. The largest absolute Gasteiger partial charge is 0.367 e. The van der Waals surface area contributed by atoms with E-state index in [0.717, 1.165) is 0 Å². The van der Waals surface area contributed by atoms with Crippen LogP contribution in [-0.2, 0) is 0 Å². The van der Waals surface area contributed by atoms with Gasteiger partial charge in [0.05, 0.1) is 5.54 Å². The van der Waals surface area contributed by atoms with Gasteiger partial charge in [0.1, 0.15) is 0 Å². The van der Waals surface area contributed by atoms with Crippen molar-refractivity contribution in [3.05, 3.63) is 0 Å². The van der Waals surface area contributed by atoms with Crippen molar-refractivity contribution in [3.8, 4) is 0 Å². The molecule has 0 aliphatic heterocycles. The van der Waals surface area contributed by atoms with Gasteiger partial charge in [-0.1, -0.05) is 0 Å². The van der Waals surface area contributed by atoms with Crippen LogP contribution in [-0.4, -0.2) is 22.0 Å². The molecule has 4 N–H and O–H groups in total. The second-order valence-electron chi connectivity index (χ2n) is 2.20. The maximum atomic E-state index is 8.32. The summed E-state index contributed by atoms with van der Waals surface area (Å²) in [5.74, 6) is 0. The van der Waals surface area contributed by atoms with Crippen molar-refractivity contribution in [1.29, 1.82) is 0 Å². The maximum absolute atomic E-state index is 8.32. The van der Waals surface area contributed by atoms with Crippen LogP contribution in [0, 0.1) is 0 Å². The standard InChI is InChI=1S/C4H11NO2.ClH/c1-4(2,5)3(6)7;/h3,6-7H,5H2,1-2H3;1H. The van der Waals surface area contributed by atoms with Crippen molar-refractivity contribution < 1.29 is 10.2 Å². The van der Waals surface area contributed by atoms with Crippen LogP contribution in [0.1, 0.15) is 13.8 Å². The van der Waals surface area contributed by atoms with Crippen molar-refractivity contribution in [3.63, 3.8) is 0 Å². The minimum atomic E-state index is -1.42. The second-order valence-corrected chi connectivity index (χ2v) is 2.20. The molecular formula is C4H12ClNO2. The van der Waals surface area contributed by atoms with Gasteiger partial charge in [-0.05, 0) is 13.8 Å². The highest BCUT2D eigenvalue weighted by Crippen LogP contribution is 1.98. The van der Waals surface area contributed by atoms with Gasteiger partial charge >= 0.3 is 0 Å². The molecule has 52 valence electrons. The molecule has 0 fully saturated rings. The molecule has 0 radical (unpaired) electrons. The molecule has 0 aliphatic rings. The summed E-state index contributed by atoms with van der Waals surface area (Å²) in [5.41, 5.74) is 4.29. The average molecular weight is 142 g/mol. The highest BCUT2D eigenvalue weighted by Gasteiger charge is 2.18. The molecule has 0 aromatic rings. The fraction of sp³-hybridized carbons (Fsp3) is 1.00. The Hall–Kier alpha value is 0.170. The van der Waals surface area contributed by atoms with Crippen LogP contribution in [0.3, 0.4) is 0 Å². The van der Waals surface area contributed by atoms with Gasteiger partial charge in [-0.15, -0.1) is 12.4 Å². The first-order valence-electron chi connectivity index (χ1n) is 2.09. The first-order chi connectivity index (χ1) is 2.94. The van der Waals surface area contributed by atoms with Gasteiger partial charge < -0.3 is 15.9 Å². The lowest BCUT2D eigenvalue weighted by atomic mass is 10.1. The molecule has 0 saturated heterocycles. The quantitative estimate of drug-likeness (QED) is 0.430. The summed E-state index contributed by atoms with van der Waals surface area (Å²) in [6, 6.07) is 0. The van der Waals surface area contributed by atoms with Gasteiger partial charge in [-0.25, -0.2) is 0 Å². The van der Waals surface area contributed by atoms with Crippen LogP contribution in [0.15, 0.2) is 0 Å². The summed E-state index contributed by atoms with van der Waals surface area (Å²) in [5, 5.41) is 16.6. The van der Waals surface area contributed by atoms with E-state index < -0.39 is 11.8 Å². The summed E-state index contributed by atoms with van der Waals surface area (Å²) in [4.78, 5) is 0. The molecule has 0 aromatic heterocycles. The summed E-state index contributed by atoms with van der Waals surface area (Å²) in [6.45, 7) is 3.08. The highest BCUT2D eigenvalue weighted by molar-refractivity contribution is 5.85. The van der Waals surface area contributed by atoms with E-state index >= 15 is 0 Å². The van der Waals surface area contributed by atoms with Gasteiger partial charge in [-0.3, -0.25) is 0 Å². The molecule has 0 heterocycles. The number of hydrogen-bond acceptors (Lipinski definition) is 3. The van der Waals surface area contributed by atoms with Crippen LogP contribution < -0.4 is 5.73 Å². The molecule has 8 heavy (non-hydrogen) atoms. The van der Waals surface area contributed by atoms with Gasteiger partial charge in [-0.2, -0.15) is 0 Å². The summed E-state index contributed by atoms with van der Waals surface area (Å²) >= 11 is 0. The monoisotopic (exact) mass is 141 g/mol. The minimum Gasteiger partial charge on any atom is -0.367 e. The third-order valence-corrected chi connectivity index (χ3v) is 0.665. The first kappa shape index (κ1) is 11.0. The zero-order valence-electron chi connectivity index (χ0n) is 4.96. The van der Waals surface area contributed by atoms with Crippen molar-refractivity contribution >= 4 is 12.4 Å². The van der Waals surface area contributed by atoms with E-state index in [1.807, 2.05) is 0 Å². The predicted octanol–water partition coefficient (Wildman–Crippen LogP) is -0.544.